The van der Waals surface area contributed by atoms with E-state index in [1.165, 1.54) is 37.7 Å². The van der Waals surface area contributed by atoms with Crippen molar-refractivity contribution >= 4 is 15.9 Å². The summed E-state index contributed by atoms with van der Waals surface area (Å²) in [5, 5.41) is 0. The molecule has 2 rings (SSSR count). The number of halogens is 1. The second kappa shape index (κ2) is 7.30. The van der Waals surface area contributed by atoms with Gasteiger partial charge in [0.15, 0.2) is 0 Å². The van der Waals surface area contributed by atoms with Crippen molar-refractivity contribution in [2.24, 2.45) is 11.8 Å². The van der Waals surface area contributed by atoms with Gasteiger partial charge in [-0.05, 0) is 29.5 Å². The zero-order valence-electron chi connectivity index (χ0n) is 11.2. The van der Waals surface area contributed by atoms with E-state index in [9.17, 15) is 0 Å². The van der Waals surface area contributed by atoms with Crippen molar-refractivity contribution in [2.75, 3.05) is 6.61 Å². The highest BCUT2D eigenvalue weighted by molar-refractivity contribution is 9.10. The molecule has 1 saturated carbocycles. The zero-order valence-corrected chi connectivity index (χ0v) is 12.8. The van der Waals surface area contributed by atoms with Gasteiger partial charge in [-0.25, -0.2) is 0 Å². The molecular weight excluding hydrogens is 288 g/mol. The lowest BCUT2D eigenvalue weighted by Gasteiger charge is -2.27. The Morgan fingerprint density at radius 1 is 1.17 bits per heavy atom. The van der Waals surface area contributed by atoms with Crippen molar-refractivity contribution in [1.82, 2.24) is 0 Å². The lowest BCUT2D eigenvalue weighted by molar-refractivity contribution is 0.0639. The van der Waals surface area contributed by atoms with Gasteiger partial charge in [0.05, 0.1) is 6.61 Å². The van der Waals surface area contributed by atoms with Gasteiger partial charge in [0, 0.05) is 11.1 Å². The fourth-order valence-electron chi connectivity index (χ4n) is 2.78. The summed E-state index contributed by atoms with van der Waals surface area (Å²) in [4.78, 5) is 0. The molecule has 100 valence electrons. The molecule has 1 aromatic rings. The van der Waals surface area contributed by atoms with Gasteiger partial charge in [0.1, 0.15) is 0 Å². The molecule has 0 radical (unpaired) electrons. The average Bonchev–Trinajstić information content (AvgIpc) is 2.42. The molecule has 0 bridgehead atoms. The lowest BCUT2D eigenvalue weighted by Crippen LogP contribution is -2.19. The van der Waals surface area contributed by atoms with Crippen LogP contribution < -0.4 is 0 Å². The zero-order chi connectivity index (χ0) is 12.8. The topological polar surface area (TPSA) is 9.23 Å². The van der Waals surface area contributed by atoms with Gasteiger partial charge >= 0.3 is 0 Å². The third kappa shape index (κ3) is 4.40. The molecule has 1 atom stereocenters. The second-order valence-electron chi connectivity index (χ2n) is 5.52. The third-order valence-electron chi connectivity index (χ3n) is 4.02. The quantitative estimate of drug-likeness (QED) is 0.728. The smallest absolute Gasteiger partial charge is 0.0717 e. The van der Waals surface area contributed by atoms with E-state index >= 15 is 0 Å². The first-order valence-electron chi connectivity index (χ1n) is 7.08. The molecule has 0 aromatic heterocycles. The Morgan fingerprint density at radius 3 is 2.50 bits per heavy atom. The van der Waals surface area contributed by atoms with E-state index < -0.39 is 0 Å². The molecule has 0 heterocycles. The number of rotatable bonds is 5. The second-order valence-corrected chi connectivity index (χ2v) is 6.43. The minimum Gasteiger partial charge on any atom is -0.376 e. The van der Waals surface area contributed by atoms with Gasteiger partial charge in [-0.15, -0.1) is 0 Å². The Kier molecular flexibility index (Phi) is 5.71. The van der Waals surface area contributed by atoms with Crippen molar-refractivity contribution in [2.45, 2.75) is 45.6 Å². The SMILES string of the molecule is C[C@H](COCc1ccc(Br)cc1)C1CCCCC1. The van der Waals surface area contributed by atoms with E-state index in [1.54, 1.807) is 0 Å². The maximum atomic E-state index is 5.86. The van der Waals surface area contributed by atoms with Crippen LogP contribution in [0.15, 0.2) is 28.7 Å². The maximum absolute atomic E-state index is 5.86. The first kappa shape index (κ1) is 14.1. The predicted molar refractivity (Wildman–Crippen MR) is 79.5 cm³/mol. The summed E-state index contributed by atoms with van der Waals surface area (Å²) in [5.41, 5.74) is 1.26. The van der Waals surface area contributed by atoms with Gasteiger partial charge < -0.3 is 4.74 Å². The normalized spacial score (nSPS) is 18.8. The highest BCUT2D eigenvalue weighted by Crippen LogP contribution is 2.30. The van der Waals surface area contributed by atoms with Crippen LogP contribution in [0.5, 0.6) is 0 Å². The van der Waals surface area contributed by atoms with Crippen LogP contribution in [0, 0.1) is 11.8 Å². The van der Waals surface area contributed by atoms with Gasteiger partial charge in [-0.3, -0.25) is 0 Å². The number of hydrogen-bond acceptors (Lipinski definition) is 1. The Bertz CT molecular complexity index is 341. The molecule has 2 heteroatoms. The van der Waals surface area contributed by atoms with Crippen LogP contribution in [0.2, 0.25) is 0 Å². The van der Waals surface area contributed by atoms with Crippen LogP contribution in [-0.4, -0.2) is 6.61 Å². The van der Waals surface area contributed by atoms with Crippen LogP contribution in [-0.2, 0) is 11.3 Å². The van der Waals surface area contributed by atoms with Gasteiger partial charge in [0.2, 0.25) is 0 Å². The first-order valence-corrected chi connectivity index (χ1v) is 7.87. The standard InChI is InChI=1S/C16H23BrO/c1-13(15-5-3-2-4-6-15)11-18-12-14-7-9-16(17)10-8-14/h7-10,13,15H,2-6,11-12H2,1H3/t13-/m1/s1. The van der Waals surface area contributed by atoms with E-state index in [0.29, 0.717) is 5.92 Å². The van der Waals surface area contributed by atoms with Crippen molar-refractivity contribution in [3.05, 3.63) is 34.3 Å². The van der Waals surface area contributed by atoms with Crippen molar-refractivity contribution in [3.63, 3.8) is 0 Å². The summed E-state index contributed by atoms with van der Waals surface area (Å²) in [6.45, 7) is 3.99. The van der Waals surface area contributed by atoms with E-state index in [1.807, 2.05) is 0 Å². The van der Waals surface area contributed by atoms with Gasteiger partial charge in [-0.1, -0.05) is 67.1 Å². The van der Waals surface area contributed by atoms with Crippen LogP contribution in [0.1, 0.15) is 44.6 Å². The molecule has 1 aliphatic rings. The molecule has 0 spiro atoms. The molecule has 18 heavy (non-hydrogen) atoms. The fraction of sp³-hybridized carbons (Fsp3) is 0.625. The molecule has 0 amide bonds. The average molecular weight is 311 g/mol. The Labute approximate surface area is 119 Å². The summed E-state index contributed by atoms with van der Waals surface area (Å²) in [5.74, 6) is 1.60. The lowest BCUT2D eigenvalue weighted by atomic mass is 9.81. The maximum Gasteiger partial charge on any atom is 0.0717 e. The summed E-state index contributed by atoms with van der Waals surface area (Å²) in [6.07, 6.45) is 7.08. The van der Waals surface area contributed by atoms with Gasteiger partial charge in [0.25, 0.3) is 0 Å². The molecule has 1 fully saturated rings. The van der Waals surface area contributed by atoms with Crippen molar-refractivity contribution < 1.29 is 4.74 Å². The van der Waals surface area contributed by atoms with Crippen LogP contribution in [0.25, 0.3) is 0 Å². The van der Waals surface area contributed by atoms with Gasteiger partial charge in [-0.2, -0.15) is 0 Å². The van der Waals surface area contributed by atoms with E-state index in [0.717, 1.165) is 23.6 Å². The molecule has 0 N–H and O–H groups in total. The molecule has 0 aliphatic heterocycles. The van der Waals surface area contributed by atoms with E-state index in [2.05, 4.69) is 47.1 Å². The van der Waals surface area contributed by atoms with Crippen LogP contribution >= 0.6 is 15.9 Å². The molecule has 1 aromatic carbocycles. The minimum absolute atomic E-state index is 0.709. The monoisotopic (exact) mass is 310 g/mol. The third-order valence-corrected chi connectivity index (χ3v) is 4.55. The van der Waals surface area contributed by atoms with Crippen molar-refractivity contribution in [3.8, 4) is 0 Å². The Hall–Kier alpha value is -0.340. The Balaban J connectivity index is 1.69. The summed E-state index contributed by atoms with van der Waals surface area (Å²) in [6, 6.07) is 8.39. The number of ether oxygens (including phenoxy) is 1. The van der Waals surface area contributed by atoms with Crippen LogP contribution in [0.4, 0.5) is 0 Å². The van der Waals surface area contributed by atoms with Crippen molar-refractivity contribution in [1.29, 1.82) is 0 Å². The molecule has 1 aliphatic carbocycles. The fourth-order valence-corrected chi connectivity index (χ4v) is 3.05. The molecule has 1 nitrogen and oxygen atoms in total. The van der Waals surface area contributed by atoms with E-state index in [-0.39, 0.29) is 0 Å². The number of hydrogen-bond donors (Lipinski definition) is 0. The highest BCUT2D eigenvalue weighted by Gasteiger charge is 2.19. The molecular formula is C16H23BrO. The Morgan fingerprint density at radius 2 is 1.83 bits per heavy atom. The molecule has 0 unspecified atom stereocenters. The largest absolute Gasteiger partial charge is 0.376 e. The highest BCUT2D eigenvalue weighted by atomic mass is 79.9. The summed E-state index contributed by atoms with van der Waals surface area (Å²) in [7, 11) is 0. The summed E-state index contributed by atoms with van der Waals surface area (Å²) < 4.78 is 6.99. The van der Waals surface area contributed by atoms with Crippen LogP contribution in [0.3, 0.4) is 0 Å². The van der Waals surface area contributed by atoms with E-state index in [4.69, 9.17) is 4.74 Å². The number of benzene rings is 1. The predicted octanol–water partition coefficient (Wildman–Crippen LogP) is 5.18. The first-order chi connectivity index (χ1) is 8.75. The minimum atomic E-state index is 0.709. The molecule has 0 saturated heterocycles. The summed E-state index contributed by atoms with van der Waals surface area (Å²) >= 11 is 3.45.